The first-order valence-electron chi connectivity index (χ1n) is 17.4. The Hall–Kier alpha value is -2.65. The Morgan fingerprint density at radius 2 is 1.62 bits per heavy atom. The molecule has 0 saturated heterocycles. The molecular weight excluding hydrogens is 697 g/mol. The van der Waals surface area contributed by atoms with Crippen LogP contribution in [0.25, 0.3) is 9.75 Å². The van der Waals surface area contributed by atoms with Gasteiger partial charge in [-0.25, -0.2) is 13.1 Å². The molecule has 0 aliphatic heterocycles. The number of carbonyl (C=O) groups excluding carboxylic acids is 2. The van der Waals surface area contributed by atoms with Crippen LogP contribution in [-0.4, -0.2) is 83.9 Å². The highest BCUT2D eigenvalue weighted by atomic mass is 32.2. The molecule has 3 aromatic rings. The average Bonchev–Trinajstić information content (AvgIpc) is 3.70. The van der Waals surface area contributed by atoms with Crippen LogP contribution in [0.4, 0.5) is 0 Å². The Kier molecular flexibility index (Phi) is 14.8. The van der Waals surface area contributed by atoms with E-state index in [4.69, 9.17) is 9.47 Å². The standard InChI is InChI=1S/C36H56N4O7S3/c1-10-11-12-13-15-28-20-26(2)48-32(28)31-21-29(27(3)49-31)22-39-23-30(37-38-39)24-47-34(42)36(6,7)25-35(4,5)33(41)46-18-17-40(8,9)16-14-19-50(43,44)45/h20-21,23H,10-19,22,24-25H2,1-9H3. The number of unbranched alkanes of at least 4 members (excludes halogenated alkanes) is 3. The normalized spacial score (nSPS) is 12.8. The SMILES string of the molecule is CCCCCCc1cc(C)sc1-c1cc(Cn2cc(COC(=O)C(C)(C)CC(C)(C)C(=O)OCC[N+](C)(C)CCCS(=O)(=O)[O-])nn2)c(C)s1. The van der Waals surface area contributed by atoms with E-state index in [9.17, 15) is 22.6 Å². The number of nitrogens with zero attached hydrogens (tertiary/aromatic N) is 4. The van der Waals surface area contributed by atoms with Gasteiger partial charge >= 0.3 is 11.9 Å². The molecule has 50 heavy (non-hydrogen) atoms. The van der Waals surface area contributed by atoms with Crippen molar-refractivity contribution in [2.24, 2.45) is 10.8 Å². The van der Waals surface area contributed by atoms with Crippen molar-refractivity contribution in [2.75, 3.05) is 39.5 Å². The fourth-order valence-corrected chi connectivity index (χ4v) is 8.81. The summed E-state index contributed by atoms with van der Waals surface area (Å²) in [6, 6.07) is 4.60. The van der Waals surface area contributed by atoms with Gasteiger partial charge in [0, 0.05) is 31.7 Å². The minimum absolute atomic E-state index is 0.0302. The molecule has 3 rings (SSSR count). The first-order valence-corrected chi connectivity index (χ1v) is 20.6. The fraction of sp³-hybridized carbons (Fsp3) is 0.667. The third kappa shape index (κ3) is 13.2. The number of aromatic nitrogens is 3. The molecular formula is C36H56N4O7S3. The molecule has 3 aromatic heterocycles. The van der Waals surface area contributed by atoms with Gasteiger partial charge in [0.15, 0.2) is 0 Å². The lowest BCUT2D eigenvalue weighted by atomic mass is 9.75. The van der Waals surface area contributed by atoms with E-state index in [1.54, 1.807) is 38.6 Å². The second kappa shape index (κ2) is 17.7. The molecule has 3 heterocycles. The zero-order valence-corrected chi connectivity index (χ0v) is 33.7. The molecule has 0 spiro atoms. The molecule has 0 unspecified atom stereocenters. The van der Waals surface area contributed by atoms with Gasteiger partial charge in [-0.05, 0) is 84.1 Å². The number of esters is 2. The van der Waals surface area contributed by atoms with Crippen molar-refractivity contribution in [2.45, 2.75) is 107 Å². The maximum atomic E-state index is 13.2. The van der Waals surface area contributed by atoms with E-state index >= 15 is 0 Å². The lowest BCUT2D eigenvalue weighted by Gasteiger charge is -2.33. The molecule has 14 heteroatoms. The van der Waals surface area contributed by atoms with Gasteiger partial charge in [0.1, 0.15) is 25.5 Å². The molecule has 280 valence electrons. The van der Waals surface area contributed by atoms with Crippen LogP contribution in [0.3, 0.4) is 0 Å². The van der Waals surface area contributed by atoms with Crippen LogP contribution in [0.15, 0.2) is 18.3 Å². The Bertz CT molecular complexity index is 1690. The summed E-state index contributed by atoms with van der Waals surface area (Å²) in [5.41, 5.74) is 1.23. The van der Waals surface area contributed by atoms with Gasteiger partial charge < -0.3 is 18.5 Å². The second-order valence-corrected chi connectivity index (χ2v) is 19.3. The molecule has 0 fully saturated rings. The van der Waals surface area contributed by atoms with E-state index in [1.165, 1.54) is 56.3 Å². The van der Waals surface area contributed by atoms with Crippen molar-refractivity contribution in [1.82, 2.24) is 15.0 Å². The molecule has 0 aliphatic carbocycles. The summed E-state index contributed by atoms with van der Waals surface area (Å²) < 4.78 is 46.0. The summed E-state index contributed by atoms with van der Waals surface area (Å²) in [5, 5.41) is 8.52. The Balaban J connectivity index is 1.51. The van der Waals surface area contributed by atoms with Crippen LogP contribution in [0.2, 0.25) is 0 Å². The molecule has 0 N–H and O–H groups in total. The van der Waals surface area contributed by atoms with Crippen LogP contribution in [0.1, 0.15) is 99.7 Å². The Morgan fingerprint density at radius 3 is 2.28 bits per heavy atom. The smallest absolute Gasteiger partial charge is 0.311 e. The lowest BCUT2D eigenvalue weighted by molar-refractivity contribution is -0.890. The van der Waals surface area contributed by atoms with Crippen LogP contribution in [0.5, 0.6) is 0 Å². The van der Waals surface area contributed by atoms with Crippen molar-refractivity contribution < 1.29 is 36.5 Å². The van der Waals surface area contributed by atoms with Gasteiger partial charge in [0.05, 0.1) is 54.3 Å². The summed E-state index contributed by atoms with van der Waals surface area (Å²) in [5.74, 6) is -1.31. The highest BCUT2D eigenvalue weighted by Crippen LogP contribution is 2.40. The number of thiophene rings is 2. The van der Waals surface area contributed by atoms with Gasteiger partial charge in [-0.15, -0.1) is 27.8 Å². The minimum atomic E-state index is -4.26. The van der Waals surface area contributed by atoms with Crippen molar-refractivity contribution in [3.8, 4) is 9.75 Å². The van der Waals surface area contributed by atoms with Crippen molar-refractivity contribution in [3.05, 3.63) is 44.9 Å². The number of quaternary nitrogens is 1. The van der Waals surface area contributed by atoms with E-state index in [0.717, 1.165) is 6.42 Å². The summed E-state index contributed by atoms with van der Waals surface area (Å²) >= 11 is 3.68. The average molecular weight is 753 g/mol. The number of rotatable bonds is 21. The Morgan fingerprint density at radius 1 is 0.940 bits per heavy atom. The number of likely N-dealkylation sites (N-methyl/N-ethyl adjacent to an activating group) is 1. The second-order valence-electron chi connectivity index (χ2n) is 15.3. The molecule has 11 nitrogen and oxygen atoms in total. The quantitative estimate of drug-likeness (QED) is 0.0492. The molecule has 0 amide bonds. The van der Waals surface area contributed by atoms with E-state index in [2.05, 4.69) is 43.2 Å². The van der Waals surface area contributed by atoms with Gasteiger partial charge in [-0.1, -0.05) is 31.4 Å². The van der Waals surface area contributed by atoms with E-state index in [0.29, 0.717) is 29.8 Å². The van der Waals surface area contributed by atoms with Crippen molar-refractivity contribution in [1.29, 1.82) is 0 Å². The molecule has 0 saturated carbocycles. The summed E-state index contributed by atoms with van der Waals surface area (Å²) in [7, 11) is -0.498. The fourth-order valence-electron chi connectivity index (χ4n) is 6.09. The van der Waals surface area contributed by atoms with Crippen LogP contribution >= 0.6 is 22.7 Å². The van der Waals surface area contributed by atoms with Crippen molar-refractivity contribution in [3.63, 3.8) is 0 Å². The van der Waals surface area contributed by atoms with E-state index < -0.39 is 38.6 Å². The van der Waals surface area contributed by atoms with E-state index in [1.807, 2.05) is 36.8 Å². The maximum Gasteiger partial charge on any atom is 0.311 e. The number of aryl methyl sites for hydroxylation is 3. The van der Waals surface area contributed by atoms with Gasteiger partial charge in [0.2, 0.25) is 0 Å². The number of hydrogen-bond acceptors (Lipinski definition) is 11. The zero-order valence-electron chi connectivity index (χ0n) is 31.3. The van der Waals surface area contributed by atoms with E-state index in [-0.39, 0.29) is 26.1 Å². The zero-order chi connectivity index (χ0) is 37.3. The predicted octanol–water partition coefficient (Wildman–Crippen LogP) is 6.90. The maximum absolute atomic E-state index is 13.2. The molecule has 0 bridgehead atoms. The monoisotopic (exact) mass is 752 g/mol. The van der Waals surface area contributed by atoms with Crippen LogP contribution < -0.4 is 0 Å². The summed E-state index contributed by atoms with van der Waals surface area (Å²) in [6.07, 6.45) is 8.33. The summed E-state index contributed by atoms with van der Waals surface area (Å²) in [4.78, 5) is 31.4. The minimum Gasteiger partial charge on any atom is -0.748 e. The molecule has 0 aliphatic rings. The van der Waals surface area contributed by atoms with Gasteiger partial charge in [-0.2, -0.15) is 0 Å². The van der Waals surface area contributed by atoms with Crippen LogP contribution in [0, 0.1) is 24.7 Å². The third-order valence-corrected chi connectivity index (χ3v) is 12.0. The van der Waals surface area contributed by atoms with Gasteiger partial charge in [0.25, 0.3) is 0 Å². The Labute approximate surface area is 306 Å². The van der Waals surface area contributed by atoms with Crippen molar-refractivity contribution >= 4 is 44.7 Å². The largest absolute Gasteiger partial charge is 0.748 e. The molecule has 0 aromatic carbocycles. The number of hydrogen-bond donors (Lipinski definition) is 0. The van der Waals surface area contributed by atoms with Gasteiger partial charge in [-0.3, -0.25) is 9.59 Å². The highest BCUT2D eigenvalue weighted by molar-refractivity contribution is 7.85. The first-order chi connectivity index (χ1) is 23.2. The molecule has 0 radical (unpaired) electrons. The highest BCUT2D eigenvalue weighted by Gasteiger charge is 2.41. The first kappa shape index (κ1) is 41.8. The topological polar surface area (TPSA) is 141 Å². The predicted molar refractivity (Wildman–Crippen MR) is 198 cm³/mol. The van der Waals surface area contributed by atoms with Crippen LogP contribution in [-0.2, 0) is 48.8 Å². The molecule has 0 atom stereocenters. The summed E-state index contributed by atoms with van der Waals surface area (Å²) in [6.45, 7) is 15.1. The number of ether oxygens (including phenoxy) is 2. The third-order valence-electron chi connectivity index (χ3n) is 8.82. The number of carbonyl (C=O) groups is 2. The lowest BCUT2D eigenvalue weighted by Crippen LogP contribution is -2.44.